The van der Waals surface area contributed by atoms with Crippen LogP contribution in [0.3, 0.4) is 0 Å². The average Bonchev–Trinajstić information content (AvgIpc) is 3.28. The average molecular weight is 449 g/mol. The van der Waals surface area contributed by atoms with Gasteiger partial charge in [0.2, 0.25) is 5.95 Å². The zero-order valence-electron chi connectivity index (χ0n) is 19.9. The van der Waals surface area contributed by atoms with Crippen LogP contribution in [0, 0.1) is 0 Å². The molecule has 2 N–H and O–H groups in total. The van der Waals surface area contributed by atoms with Gasteiger partial charge in [0, 0.05) is 18.7 Å². The molecule has 2 fully saturated rings. The summed E-state index contributed by atoms with van der Waals surface area (Å²) in [4.78, 5) is 9.51. The third-order valence-electron chi connectivity index (χ3n) is 7.06. The van der Waals surface area contributed by atoms with Gasteiger partial charge in [0.1, 0.15) is 6.10 Å². The predicted octanol–water partition coefficient (Wildman–Crippen LogP) is 5.04. The Morgan fingerprint density at radius 3 is 2.73 bits per heavy atom. The van der Waals surface area contributed by atoms with Gasteiger partial charge in [0.25, 0.3) is 0 Å². The minimum atomic E-state index is 0.103. The van der Waals surface area contributed by atoms with Gasteiger partial charge >= 0.3 is 6.01 Å². The minimum Gasteiger partial charge on any atom is -0.459 e. The molecule has 0 bridgehead atoms. The van der Waals surface area contributed by atoms with Crippen LogP contribution in [0.15, 0.2) is 30.5 Å². The molecule has 7 heteroatoms. The molecule has 0 radical (unpaired) electrons. The van der Waals surface area contributed by atoms with E-state index in [0.717, 1.165) is 37.1 Å². The molecule has 3 aromatic rings. The van der Waals surface area contributed by atoms with Crippen molar-refractivity contribution in [2.75, 3.05) is 18.4 Å². The number of benzene rings is 1. The van der Waals surface area contributed by atoms with Gasteiger partial charge in [0.15, 0.2) is 5.65 Å². The highest BCUT2D eigenvalue weighted by Crippen LogP contribution is 2.34. The van der Waals surface area contributed by atoms with Crippen molar-refractivity contribution in [1.29, 1.82) is 0 Å². The largest absolute Gasteiger partial charge is 0.459 e. The second-order valence-electron chi connectivity index (χ2n) is 9.79. The molecule has 1 aliphatic carbocycles. The summed E-state index contributed by atoms with van der Waals surface area (Å²) in [6, 6.07) is 9.28. The molecule has 2 aliphatic rings. The molecule has 2 aromatic heterocycles. The highest BCUT2D eigenvalue weighted by molar-refractivity contribution is 5.53. The van der Waals surface area contributed by atoms with E-state index >= 15 is 0 Å². The second kappa shape index (κ2) is 10.1. The quantitative estimate of drug-likeness (QED) is 0.527. The Hall–Kier alpha value is -2.67. The first-order chi connectivity index (χ1) is 16.2. The zero-order chi connectivity index (χ0) is 22.6. The molecule has 33 heavy (non-hydrogen) atoms. The Morgan fingerprint density at radius 2 is 1.94 bits per heavy atom. The summed E-state index contributed by atoms with van der Waals surface area (Å²) in [5.41, 5.74) is 4.74. The number of hydrogen-bond donors (Lipinski definition) is 2. The molecule has 0 amide bonds. The Balaban J connectivity index is 1.42. The van der Waals surface area contributed by atoms with Crippen LogP contribution in [0.4, 0.5) is 5.95 Å². The molecule has 176 valence electrons. The zero-order valence-corrected chi connectivity index (χ0v) is 19.9. The normalized spacial score (nSPS) is 19.8. The first kappa shape index (κ1) is 22.1. The number of hydrogen-bond acceptors (Lipinski definition) is 6. The molecule has 1 saturated carbocycles. The van der Waals surface area contributed by atoms with Crippen molar-refractivity contribution in [2.45, 2.75) is 83.3 Å². The molecule has 1 aliphatic heterocycles. The third-order valence-corrected chi connectivity index (χ3v) is 7.06. The van der Waals surface area contributed by atoms with Crippen molar-refractivity contribution in [2.24, 2.45) is 0 Å². The van der Waals surface area contributed by atoms with E-state index in [2.05, 4.69) is 53.8 Å². The van der Waals surface area contributed by atoms with Gasteiger partial charge in [-0.2, -0.15) is 19.6 Å². The van der Waals surface area contributed by atoms with Crippen LogP contribution in [0.25, 0.3) is 5.65 Å². The molecular formula is C26H36N6O. The van der Waals surface area contributed by atoms with Gasteiger partial charge in [-0.15, -0.1) is 0 Å². The Bertz CT molecular complexity index is 1070. The van der Waals surface area contributed by atoms with Crippen LogP contribution < -0.4 is 15.4 Å². The van der Waals surface area contributed by atoms with Crippen molar-refractivity contribution in [3.63, 3.8) is 0 Å². The van der Waals surface area contributed by atoms with Crippen molar-refractivity contribution in [3.8, 4) is 6.01 Å². The molecule has 1 saturated heterocycles. The van der Waals surface area contributed by atoms with Crippen molar-refractivity contribution >= 4 is 11.6 Å². The maximum absolute atomic E-state index is 6.21. The summed E-state index contributed by atoms with van der Waals surface area (Å²) in [7, 11) is 0. The van der Waals surface area contributed by atoms with Crippen LogP contribution >= 0.6 is 0 Å². The van der Waals surface area contributed by atoms with Gasteiger partial charge < -0.3 is 15.4 Å². The van der Waals surface area contributed by atoms with Gasteiger partial charge in [-0.25, -0.2) is 0 Å². The second-order valence-corrected chi connectivity index (χ2v) is 9.79. The lowest BCUT2D eigenvalue weighted by molar-refractivity contribution is 0.153. The number of nitrogens with one attached hydrogen (secondary N) is 2. The van der Waals surface area contributed by atoms with Crippen LogP contribution in [-0.2, 0) is 6.54 Å². The maximum atomic E-state index is 6.21. The summed E-state index contributed by atoms with van der Waals surface area (Å²) in [5.74, 6) is 1.67. The Labute approximate surface area is 196 Å². The van der Waals surface area contributed by atoms with E-state index in [-0.39, 0.29) is 6.10 Å². The molecule has 1 atom stereocenters. The molecule has 3 heterocycles. The highest BCUT2D eigenvalue weighted by Gasteiger charge is 2.21. The maximum Gasteiger partial charge on any atom is 0.322 e. The topological polar surface area (TPSA) is 76.4 Å². The van der Waals surface area contributed by atoms with E-state index in [4.69, 9.17) is 14.7 Å². The molecule has 7 nitrogen and oxygen atoms in total. The summed E-state index contributed by atoms with van der Waals surface area (Å²) in [6.07, 6.45) is 10.8. The van der Waals surface area contributed by atoms with E-state index in [1.807, 2.05) is 10.7 Å². The lowest BCUT2D eigenvalue weighted by Gasteiger charge is -2.25. The predicted molar refractivity (Wildman–Crippen MR) is 131 cm³/mol. The fraction of sp³-hybridized carbons (Fsp3) is 0.577. The number of ether oxygens (including phenoxy) is 1. The van der Waals surface area contributed by atoms with Crippen LogP contribution in [-0.4, -0.2) is 38.8 Å². The van der Waals surface area contributed by atoms with E-state index in [0.29, 0.717) is 30.3 Å². The monoisotopic (exact) mass is 448 g/mol. The molecule has 1 unspecified atom stereocenters. The fourth-order valence-electron chi connectivity index (χ4n) is 5.20. The van der Waals surface area contributed by atoms with E-state index in [9.17, 15) is 0 Å². The van der Waals surface area contributed by atoms with Crippen LogP contribution in [0.5, 0.6) is 6.01 Å². The van der Waals surface area contributed by atoms with Gasteiger partial charge in [-0.05, 0) is 55.2 Å². The number of nitrogens with zero attached hydrogens (tertiary/aromatic N) is 4. The number of anilines is 1. The molecular weight excluding hydrogens is 412 g/mol. The lowest BCUT2D eigenvalue weighted by Crippen LogP contribution is -2.37. The summed E-state index contributed by atoms with van der Waals surface area (Å²) < 4.78 is 8.04. The molecule has 0 spiro atoms. The van der Waals surface area contributed by atoms with Crippen molar-refractivity contribution in [1.82, 2.24) is 24.9 Å². The van der Waals surface area contributed by atoms with Gasteiger partial charge in [-0.3, -0.25) is 0 Å². The highest BCUT2D eigenvalue weighted by atomic mass is 16.5. The van der Waals surface area contributed by atoms with Crippen molar-refractivity contribution < 1.29 is 4.74 Å². The standard InChI is InChI=1S/C26H36N6O/c1-18(2)23-17-29-32-24(23)30-26(33-21-12-8-14-27-16-21)31-25(32)28-15-20-11-6-7-13-22(20)19-9-4-3-5-10-19/h6-7,11,13,17-19,21,27H,3-5,8-10,12,14-16H2,1-2H3,(H,28,30,31). The van der Waals surface area contributed by atoms with Crippen LogP contribution in [0.1, 0.15) is 87.3 Å². The van der Waals surface area contributed by atoms with Gasteiger partial charge in [-0.1, -0.05) is 57.4 Å². The van der Waals surface area contributed by atoms with E-state index < -0.39 is 0 Å². The third kappa shape index (κ3) is 4.98. The molecule has 1 aromatic carbocycles. The summed E-state index contributed by atoms with van der Waals surface area (Å²) >= 11 is 0. The van der Waals surface area contributed by atoms with E-state index in [1.54, 1.807) is 0 Å². The Morgan fingerprint density at radius 1 is 1.09 bits per heavy atom. The number of aromatic nitrogens is 4. The fourth-order valence-corrected chi connectivity index (χ4v) is 5.20. The SMILES string of the molecule is CC(C)c1cnn2c(NCc3ccccc3C3CCCCC3)nc(OC3CCCNC3)nc12. The van der Waals surface area contributed by atoms with Gasteiger partial charge in [0.05, 0.1) is 6.20 Å². The first-order valence-corrected chi connectivity index (χ1v) is 12.6. The van der Waals surface area contributed by atoms with Crippen LogP contribution in [0.2, 0.25) is 0 Å². The minimum absolute atomic E-state index is 0.103. The first-order valence-electron chi connectivity index (χ1n) is 12.6. The Kier molecular flexibility index (Phi) is 6.76. The summed E-state index contributed by atoms with van der Waals surface area (Å²) in [5, 5.41) is 11.6. The number of piperidine rings is 1. The lowest BCUT2D eigenvalue weighted by atomic mass is 9.82. The smallest absolute Gasteiger partial charge is 0.322 e. The molecule has 5 rings (SSSR count). The number of fused-ring (bicyclic) bond motifs is 1. The van der Waals surface area contributed by atoms with Crippen molar-refractivity contribution in [3.05, 3.63) is 47.2 Å². The van der Waals surface area contributed by atoms with E-state index in [1.165, 1.54) is 43.2 Å². The number of rotatable bonds is 7. The summed E-state index contributed by atoms with van der Waals surface area (Å²) in [6.45, 7) is 6.92.